The van der Waals surface area contributed by atoms with Gasteiger partial charge in [-0.3, -0.25) is 4.79 Å². The molecule has 5 heteroatoms. The van der Waals surface area contributed by atoms with E-state index in [9.17, 15) is 9.18 Å². The summed E-state index contributed by atoms with van der Waals surface area (Å²) >= 11 is 0. The summed E-state index contributed by atoms with van der Waals surface area (Å²) in [4.78, 5) is 22.4. The second-order valence-corrected chi connectivity index (χ2v) is 7.73. The van der Waals surface area contributed by atoms with Crippen LogP contribution in [0, 0.1) is 5.82 Å². The third kappa shape index (κ3) is 1.92. The lowest BCUT2D eigenvalue weighted by molar-refractivity contribution is -0.121. The van der Waals surface area contributed by atoms with Crippen molar-refractivity contribution in [3.63, 3.8) is 0 Å². The SMILES string of the molecule is CN1C(=O)C2(N=C(c3ccccc3)N3CCc4cccc2c43)c2cccc(F)c21. The minimum Gasteiger partial charge on any atom is -0.325 e. The van der Waals surface area contributed by atoms with Gasteiger partial charge in [0.1, 0.15) is 11.7 Å². The van der Waals surface area contributed by atoms with E-state index >= 15 is 0 Å². The summed E-state index contributed by atoms with van der Waals surface area (Å²) in [5, 5.41) is 0. The van der Waals surface area contributed by atoms with Crippen molar-refractivity contribution in [3.05, 3.63) is 94.8 Å². The molecule has 3 heterocycles. The van der Waals surface area contributed by atoms with Crippen molar-refractivity contribution in [1.29, 1.82) is 0 Å². The number of amides is 1. The van der Waals surface area contributed by atoms with Crippen molar-refractivity contribution < 1.29 is 9.18 Å². The highest BCUT2D eigenvalue weighted by molar-refractivity contribution is 6.19. The molecule has 3 aliphatic heterocycles. The zero-order chi connectivity index (χ0) is 19.8. The molecule has 1 atom stereocenters. The molecule has 3 aliphatic rings. The summed E-state index contributed by atoms with van der Waals surface area (Å²) in [6, 6.07) is 20.9. The van der Waals surface area contributed by atoms with Crippen LogP contribution in [0.2, 0.25) is 0 Å². The Morgan fingerprint density at radius 2 is 1.66 bits per heavy atom. The number of anilines is 2. The minimum atomic E-state index is -1.26. The molecule has 0 radical (unpaired) electrons. The number of para-hydroxylation sites is 2. The first-order chi connectivity index (χ1) is 14.1. The minimum absolute atomic E-state index is 0.217. The molecule has 0 N–H and O–H groups in total. The Balaban J connectivity index is 1.74. The Hall–Kier alpha value is -3.47. The van der Waals surface area contributed by atoms with Crippen molar-refractivity contribution in [2.24, 2.45) is 4.99 Å². The molecule has 1 unspecified atom stereocenters. The monoisotopic (exact) mass is 383 g/mol. The van der Waals surface area contributed by atoms with Gasteiger partial charge in [0.15, 0.2) is 5.54 Å². The van der Waals surface area contributed by atoms with Gasteiger partial charge in [-0.1, -0.05) is 60.7 Å². The number of likely N-dealkylation sites (N-methyl/N-ethyl adjacent to an activating group) is 1. The summed E-state index contributed by atoms with van der Waals surface area (Å²) in [5.41, 5.74) is 3.70. The summed E-state index contributed by atoms with van der Waals surface area (Å²) in [6.07, 6.45) is 0.894. The van der Waals surface area contributed by atoms with Crippen LogP contribution in [0.25, 0.3) is 0 Å². The van der Waals surface area contributed by atoms with Gasteiger partial charge in [-0.2, -0.15) is 0 Å². The molecule has 1 spiro atoms. The molecule has 0 aromatic heterocycles. The molecule has 3 aromatic rings. The van der Waals surface area contributed by atoms with Crippen molar-refractivity contribution >= 4 is 23.1 Å². The van der Waals surface area contributed by atoms with Crippen LogP contribution in [-0.2, 0) is 16.8 Å². The van der Waals surface area contributed by atoms with E-state index in [1.165, 1.54) is 16.5 Å². The van der Waals surface area contributed by atoms with E-state index in [4.69, 9.17) is 4.99 Å². The Morgan fingerprint density at radius 3 is 2.45 bits per heavy atom. The molecule has 0 saturated heterocycles. The fourth-order valence-corrected chi connectivity index (χ4v) is 5.02. The van der Waals surface area contributed by atoms with Crippen LogP contribution < -0.4 is 9.80 Å². The number of carbonyl (C=O) groups excluding carboxylic acids is 1. The fraction of sp³-hybridized carbons (Fsp3) is 0.167. The number of carbonyl (C=O) groups is 1. The van der Waals surface area contributed by atoms with Crippen molar-refractivity contribution in [2.75, 3.05) is 23.4 Å². The second-order valence-electron chi connectivity index (χ2n) is 7.73. The molecule has 0 bridgehead atoms. The number of rotatable bonds is 1. The van der Waals surface area contributed by atoms with E-state index in [0.717, 1.165) is 35.6 Å². The average molecular weight is 383 g/mol. The molecule has 6 rings (SSSR count). The first-order valence-electron chi connectivity index (χ1n) is 9.75. The van der Waals surface area contributed by atoms with E-state index in [-0.39, 0.29) is 5.91 Å². The lowest BCUT2D eigenvalue weighted by atomic mass is 9.81. The van der Waals surface area contributed by atoms with E-state index in [0.29, 0.717) is 11.3 Å². The van der Waals surface area contributed by atoms with Crippen LogP contribution >= 0.6 is 0 Å². The second kappa shape index (κ2) is 5.54. The average Bonchev–Trinajstić information content (AvgIpc) is 3.27. The molecule has 3 aromatic carbocycles. The molecular formula is C24H18FN3O. The van der Waals surface area contributed by atoms with Crippen molar-refractivity contribution in [1.82, 2.24) is 0 Å². The Morgan fingerprint density at radius 1 is 0.931 bits per heavy atom. The van der Waals surface area contributed by atoms with E-state index in [1.807, 2.05) is 48.5 Å². The molecule has 142 valence electrons. The van der Waals surface area contributed by atoms with Gasteiger partial charge in [-0.05, 0) is 18.1 Å². The lowest BCUT2D eigenvalue weighted by Gasteiger charge is -2.37. The normalized spacial score (nSPS) is 21.4. The zero-order valence-electron chi connectivity index (χ0n) is 15.9. The molecule has 0 saturated carbocycles. The quantitative estimate of drug-likeness (QED) is 0.640. The molecule has 29 heavy (non-hydrogen) atoms. The standard InChI is InChI=1S/C24H18FN3O/c1-27-21-18(11-6-12-19(21)25)24(23(27)29)17-10-5-9-15-13-14-28(20(15)17)22(26-24)16-7-3-2-4-8-16/h2-12H,13-14H2,1H3. The highest BCUT2D eigenvalue weighted by atomic mass is 19.1. The first-order valence-corrected chi connectivity index (χ1v) is 9.75. The number of benzene rings is 3. The molecule has 4 nitrogen and oxygen atoms in total. The lowest BCUT2D eigenvalue weighted by Crippen LogP contribution is -2.46. The van der Waals surface area contributed by atoms with Crippen molar-refractivity contribution in [2.45, 2.75) is 12.0 Å². The number of nitrogens with zero attached hydrogens (tertiary/aromatic N) is 3. The van der Waals surface area contributed by atoms with Gasteiger partial charge in [-0.25, -0.2) is 9.38 Å². The number of halogens is 1. The molecule has 0 aliphatic carbocycles. The predicted molar refractivity (Wildman–Crippen MR) is 111 cm³/mol. The van der Waals surface area contributed by atoms with Gasteiger partial charge in [0, 0.05) is 30.3 Å². The highest BCUT2D eigenvalue weighted by Crippen LogP contribution is 2.54. The summed E-state index contributed by atoms with van der Waals surface area (Å²) in [5.74, 6) is 0.148. The van der Waals surface area contributed by atoms with Gasteiger partial charge in [0.2, 0.25) is 0 Å². The van der Waals surface area contributed by atoms with Gasteiger partial charge < -0.3 is 9.80 Å². The fourth-order valence-electron chi connectivity index (χ4n) is 5.02. The number of aliphatic imine (C=N–C) groups is 1. The largest absolute Gasteiger partial charge is 0.325 e. The van der Waals surface area contributed by atoms with E-state index in [1.54, 1.807) is 13.1 Å². The molecular weight excluding hydrogens is 365 g/mol. The van der Waals surface area contributed by atoms with Crippen LogP contribution in [-0.4, -0.2) is 25.3 Å². The van der Waals surface area contributed by atoms with Crippen LogP contribution in [0.15, 0.2) is 71.7 Å². The zero-order valence-corrected chi connectivity index (χ0v) is 15.9. The first kappa shape index (κ1) is 16.5. The summed E-state index contributed by atoms with van der Waals surface area (Å²) in [6.45, 7) is 0.816. The Labute approximate surface area is 167 Å². The third-order valence-electron chi connectivity index (χ3n) is 6.27. The van der Waals surface area contributed by atoms with Crippen molar-refractivity contribution in [3.8, 4) is 0 Å². The Kier molecular flexibility index (Phi) is 3.15. The smallest absolute Gasteiger partial charge is 0.264 e. The third-order valence-corrected chi connectivity index (χ3v) is 6.27. The molecule has 0 fully saturated rings. The number of amidine groups is 1. The highest BCUT2D eigenvalue weighted by Gasteiger charge is 2.56. The number of hydrogen-bond donors (Lipinski definition) is 0. The van der Waals surface area contributed by atoms with Crippen LogP contribution in [0.3, 0.4) is 0 Å². The summed E-state index contributed by atoms with van der Waals surface area (Å²) in [7, 11) is 1.63. The Bertz CT molecular complexity index is 1220. The van der Waals surface area contributed by atoms with Gasteiger partial charge in [0.05, 0.1) is 11.4 Å². The van der Waals surface area contributed by atoms with Gasteiger partial charge in [-0.15, -0.1) is 0 Å². The number of hydrogen-bond acceptors (Lipinski definition) is 3. The number of fused-ring (bicyclic) bond motifs is 3. The van der Waals surface area contributed by atoms with Crippen LogP contribution in [0.1, 0.15) is 22.3 Å². The van der Waals surface area contributed by atoms with Gasteiger partial charge >= 0.3 is 0 Å². The maximum absolute atomic E-state index is 14.8. The summed E-state index contributed by atoms with van der Waals surface area (Å²) < 4.78 is 14.8. The van der Waals surface area contributed by atoms with E-state index < -0.39 is 11.4 Å². The van der Waals surface area contributed by atoms with Gasteiger partial charge in [0.25, 0.3) is 5.91 Å². The van der Waals surface area contributed by atoms with E-state index in [2.05, 4.69) is 11.0 Å². The maximum atomic E-state index is 14.8. The van der Waals surface area contributed by atoms with Crippen LogP contribution in [0.4, 0.5) is 15.8 Å². The molecule has 1 amide bonds. The topological polar surface area (TPSA) is 35.9 Å². The van der Waals surface area contributed by atoms with Crippen LogP contribution in [0.5, 0.6) is 0 Å². The predicted octanol–water partition coefficient (Wildman–Crippen LogP) is 3.87. The maximum Gasteiger partial charge on any atom is 0.264 e.